The molecule has 0 saturated carbocycles. The van der Waals surface area contributed by atoms with Gasteiger partial charge in [-0.05, 0) is 0 Å². The second-order valence-corrected chi connectivity index (χ2v) is 2.89. The van der Waals surface area contributed by atoms with E-state index in [9.17, 15) is 0 Å². The topological polar surface area (TPSA) is 115 Å². The zero-order valence-electron chi connectivity index (χ0n) is 8.80. The third kappa shape index (κ3) is 2.72. The van der Waals surface area contributed by atoms with E-state index in [2.05, 4.69) is 15.3 Å². The van der Waals surface area contributed by atoms with Crippen molar-refractivity contribution in [2.75, 3.05) is 36.1 Å². The van der Waals surface area contributed by atoms with Gasteiger partial charge in [-0.1, -0.05) is 0 Å². The van der Waals surface area contributed by atoms with Gasteiger partial charge in [0.1, 0.15) is 24.7 Å². The number of nitrogens with one attached hydrogen (secondary N) is 1. The zero-order chi connectivity index (χ0) is 12.0. The molecule has 0 spiro atoms. The lowest BCUT2D eigenvalue weighted by Crippen LogP contribution is -2.25. The third-order valence-electron chi connectivity index (χ3n) is 1.83. The molecule has 1 aromatic rings. The van der Waals surface area contributed by atoms with Gasteiger partial charge >= 0.3 is 0 Å². The summed E-state index contributed by atoms with van der Waals surface area (Å²) < 4.78 is 0. The van der Waals surface area contributed by atoms with Gasteiger partial charge in [0.2, 0.25) is 5.95 Å². The van der Waals surface area contributed by atoms with Crippen LogP contribution in [-0.4, -0.2) is 30.1 Å². The van der Waals surface area contributed by atoms with Crippen molar-refractivity contribution in [3.05, 3.63) is 6.07 Å². The Morgan fingerprint density at radius 1 is 1.38 bits per heavy atom. The molecular formula is C9H11N7. The Balaban J connectivity index is 3.04. The molecule has 0 saturated heterocycles. The first kappa shape index (κ1) is 11.5. The summed E-state index contributed by atoms with van der Waals surface area (Å²) in [5, 5.41) is 20.1. The van der Waals surface area contributed by atoms with Gasteiger partial charge in [-0.3, -0.25) is 0 Å². The van der Waals surface area contributed by atoms with Crippen LogP contribution in [0.15, 0.2) is 6.07 Å². The van der Waals surface area contributed by atoms with Crippen molar-refractivity contribution in [2.24, 2.45) is 0 Å². The zero-order valence-corrected chi connectivity index (χ0v) is 8.80. The molecule has 16 heavy (non-hydrogen) atoms. The number of hydrogen-bond donors (Lipinski definition) is 2. The van der Waals surface area contributed by atoms with Crippen molar-refractivity contribution in [3.8, 4) is 12.1 Å². The van der Waals surface area contributed by atoms with Crippen LogP contribution in [0.25, 0.3) is 0 Å². The second kappa shape index (κ2) is 5.37. The fourth-order valence-electron chi connectivity index (χ4n) is 1.13. The number of nitrogens with two attached hydrogens (primary N) is 1. The molecule has 0 atom stereocenters. The summed E-state index contributed by atoms with van der Waals surface area (Å²) in [5.74, 6) is 1.10. The van der Waals surface area contributed by atoms with Crippen LogP contribution in [0.4, 0.5) is 17.6 Å². The van der Waals surface area contributed by atoms with E-state index in [4.69, 9.17) is 16.3 Å². The van der Waals surface area contributed by atoms with Crippen LogP contribution in [-0.2, 0) is 0 Å². The van der Waals surface area contributed by atoms with Crippen LogP contribution in [0.2, 0.25) is 0 Å². The molecule has 0 aromatic carbocycles. The average Bonchev–Trinajstić information content (AvgIpc) is 2.28. The fraction of sp³-hybridized carbons (Fsp3) is 0.333. The maximum atomic E-state index is 8.63. The number of rotatable bonds is 4. The van der Waals surface area contributed by atoms with E-state index in [1.54, 1.807) is 13.1 Å². The molecule has 0 aliphatic carbocycles. The van der Waals surface area contributed by atoms with Crippen LogP contribution in [0, 0.1) is 22.7 Å². The second-order valence-electron chi connectivity index (χ2n) is 2.89. The molecule has 1 heterocycles. The Bertz CT molecular complexity index is 426. The Morgan fingerprint density at radius 2 is 2.00 bits per heavy atom. The normalized spacial score (nSPS) is 8.94. The first-order valence-corrected chi connectivity index (χ1v) is 4.52. The molecule has 0 unspecified atom stereocenters. The van der Waals surface area contributed by atoms with Crippen LogP contribution < -0.4 is 16.0 Å². The van der Waals surface area contributed by atoms with Gasteiger partial charge in [0.05, 0.1) is 12.1 Å². The quantitative estimate of drug-likeness (QED) is 0.679. The highest BCUT2D eigenvalue weighted by Crippen LogP contribution is 2.15. The lowest BCUT2D eigenvalue weighted by Gasteiger charge is -2.17. The monoisotopic (exact) mass is 217 g/mol. The minimum absolute atomic E-state index is 0.0766. The maximum Gasteiger partial charge on any atom is 0.223 e. The first-order chi connectivity index (χ1) is 7.71. The number of hydrogen-bond acceptors (Lipinski definition) is 7. The largest absolute Gasteiger partial charge is 0.373 e. The molecule has 7 nitrogen and oxygen atoms in total. The molecule has 0 bridgehead atoms. The van der Waals surface area contributed by atoms with Gasteiger partial charge in [-0.15, -0.1) is 0 Å². The Kier molecular flexibility index (Phi) is 3.87. The molecule has 0 aliphatic heterocycles. The fourth-order valence-corrected chi connectivity index (χ4v) is 1.13. The van der Waals surface area contributed by atoms with E-state index in [-0.39, 0.29) is 19.0 Å². The van der Waals surface area contributed by atoms with Gasteiger partial charge in [-0.25, -0.2) is 0 Å². The van der Waals surface area contributed by atoms with Crippen LogP contribution in [0.3, 0.4) is 0 Å². The van der Waals surface area contributed by atoms with Gasteiger partial charge < -0.3 is 16.0 Å². The summed E-state index contributed by atoms with van der Waals surface area (Å²) in [6.07, 6.45) is 0. The van der Waals surface area contributed by atoms with Gasteiger partial charge in [0.25, 0.3) is 0 Å². The number of aromatic nitrogens is 2. The van der Waals surface area contributed by atoms with Crippen molar-refractivity contribution in [1.82, 2.24) is 9.97 Å². The summed E-state index contributed by atoms with van der Waals surface area (Å²) in [6, 6.07) is 5.55. The Labute approximate surface area is 93.1 Å². The summed E-state index contributed by atoms with van der Waals surface area (Å²) >= 11 is 0. The molecule has 7 heteroatoms. The molecule has 0 radical (unpaired) electrons. The minimum Gasteiger partial charge on any atom is -0.373 e. The van der Waals surface area contributed by atoms with Crippen molar-refractivity contribution in [2.45, 2.75) is 0 Å². The van der Waals surface area contributed by atoms with Crippen molar-refractivity contribution >= 4 is 17.6 Å². The highest BCUT2D eigenvalue weighted by atomic mass is 15.2. The van der Waals surface area contributed by atoms with E-state index in [0.29, 0.717) is 11.6 Å². The molecule has 1 rings (SSSR count). The highest BCUT2D eigenvalue weighted by Gasteiger charge is 2.09. The van der Waals surface area contributed by atoms with Crippen LogP contribution >= 0.6 is 0 Å². The third-order valence-corrected chi connectivity index (χ3v) is 1.83. The van der Waals surface area contributed by atoms with Crippen molar-refractivity contribution in [1.29, 1.82) is 10.5 Å². The Morgan fingerprint density at radius 3 is 2.50 bits per heavy atom. The van der Waals surface area contributed by atoms with E-state index in [1.165, 1.54) is 4.90 Å². The number of nitrogens with zero attached hydrogens (tertiary/aromatic N) is 5. The molecule has 3 N–H and O–H groups in total. The molecule has 1 aromatic heterocycles. The summed E-state index contributed by atoms with van der Waals surface area (Å²) in [7, 11) is 1.70. The molecule has 82 valence electrons. The van der Waals surface area contributed by atoms with Gasteiger partial charge in [0.15, 0.2) is 0 Å². The van der Waals surface area contributed by atoms with E-state index >= 15 is 0 Å². The van der Waals surface area contributed by atoms with Gasteiger partial charge in [0, 0.05) is 13.1 Å². The molecule has 0 aliphatic rings. The molecule has 0 amide bonds. The van der Waals surface area contributed by atoms with E-state index in [1.807, 2.05) is 12.1 Å². The summed E-state index contributed by atoms with van der Waals surface area (Å²) in [6.45, 7) is 0.153. The average molecular weight is 217 g/mol. The SMILES string of the molecule is CNc1cc(N(CC#N)CC#N)nc(N)n1. The van der Waals surface area contributed by atoms with Crippen LogP contribution in [0.1, 0.15) is 0 Å². The van der Waals surface area contributed by atoms with E-state index in [0.717, 1.165) is 0 Å². The number of nitrogen functional groups attached to an aromatic ring is 1. The van der Waals surface area contributed by atoms with Crippen molar-refractivity contribution in [3.63, 3.8) is 0 Å². The Hall–Kier alpha value is -2.54. The smallest absolute Gasteiger partial charge is 0.223 e. The lowest BCUT2D eigenvalue weighted by atomic mass is 10.4. The first-order valence-electron chi connectivity index (χ1n) is 4.52. The highest BCUT2D eigenvalue weighted by molar-refractivity contribution is 5.53. The summed E-state index contributed by atoms with van der Waals surface area (Å²) in [5.41, 5.74) is 5.51. The molecular weight excluding hydrogens is 206 g/mol. The van der Waals surface area contributed by atoms with Crippen molar-refractivity contribution < 1.29 is 0 Å². The standard InChI is InChI=1S/C9H11N7/c1-13-7-6-8(15-9(12)14-7)16(4-2-10)5-3-11/h6H,4-5H2,1H3,(H3,12,13,14,15). The number of anilines is 3. The van der Waals surface area contributed by atoms with E-state index < -0.39 is 0 Å². The summed E-state index contributed by atoms with van der Waals surface area (Å²) in [4.78, 5) is 9.40. The predicted octanol–water partition coefficient (Wildman–Crippen LogP) is -0.0459. The number of nitriles is 2. The maximum absolute atomic E-state index is 8.63. The lowest BCUT2D eigenvalue weighted by molar-refractivity contribution is 0.930. The predicted molar refractivity (Wildman–Crippen MR) is 59.4 cm³/mol. The molecule has 0 fully saturated rings. The van der Waals surface area contributed by atoms with Gasteiger partial charge in [-0.2, -0.15) is 20.5 Å². The minimum atomic E-state index is 0.0766. The van der Waals surface area contributed by atoms with Crippen LogP contribution in [0.5, 0.6) is 0 Å².